The summed E-state index contributed by atoms with van der Waals surface area (Å²) >= 11 is 1.55. The fourth-order valence-electron chi connectivity index (χ4n) is 7.18. The molecule has 0 N–H and O–H groups in total. The van der Waals surface area contributed by atoms with Gasteiger partial charge in [0.2, 0.25) is 0 Å². The van der Waals surface area contributed by atoms with Gasteiger partial charge in [-0.05, 0) is 45.9 Å². The third-order valence-electron chi connectivity index (χ3n) is 10.2. The van der Waals surface area contributed by atoms with Gasteiger partial charge < -0.3 is 24.8 Å². The van der Waals surface area contributed by atoms with E-state index in [9.17, 15) is 0 Å². The van der Waals surface area contributed by atoms with Crippen molar-refractivity contribution in [2.45, 2.75) is 90.9 Å². The Morgan fingerprint density at radius 3 is 1.76 bits per heavy atom. The van der Waals surface area contributed by atoms with Crippen LogP contribution in [0.3, 0.4) is 0 Å². The summed E-state index contributed by atoms with van der Waals surface area (Å²) in [6.45, 7) is 18.0. The Kier molecular flexibility index (Phi) is 13.1. The molecule has 0 amide bonds. The zero-order valence-corrected chi connectivity index (χ0v) is 35.4. The molecule has 3 aliphatic rings. The molecule has 0 heterocycles. The number of fused-ring (bicyclic) bond motifs is 5. The van der Waals surface area contributed by atoms with Crippen LogP contribution in [-0.2, 0) is 59.7 Å². The molecule has 5 aromatic rings. The van der Waals surface area contributed by atoms with Crippen molar-refractivity contribution in [3.8, 4) is 11.1 Å². The van der Waals surface area contributed by atoms with Gasteiger partial charge in [-0.3, -0.25) is 6.08 Å². The maximum atomic E-state index is 3.50. The van der Waals surface area contributed by atoms with E-state index in [0.717, 1.165) is 19.3 Å². The fourth-order valence-corrected chi connectivity index (χ4v) is 8.18. The first-order chi connectivity index (χ1) is 23.2. The van der Waals surface area contributed by atoms with E-state index in [1.54, 1.807) is 27.4 Å². The summed E-state index contributed by atoms with van der Waals surface area (Å²) in [5.74, 6) is 0. The van der Waals surface area contributed by atoms with Crippen LogP contribution in [0.1, 0.15) is 104 Å². The molecule has 8 rings (SSSR count). The molecule has 0 bridgehead atoms. The molecule has 3 aliphatic carbocycles. The summed E-state index contributed by atoms with van der Waals surface area (Å²) in [7, 11) is 0. The van der Waals surface area contributed by atoms with Crippen molar-refractivity contribution in [2.75, 3.05) is 0 Å². The van der Waals surface area contributed by atoms with Gasteiger partial charge in [-0.15, -0.1) is 11.6 Å². The quantitative estimate of drug-likeness (QED) is 0.196. The minimum atomic E-state index is 0. The van der Waals surface area contributed by atoms with Crippen LogP contribution in [0, 0.1) is 13.0 Å². The van der Waals surface area contributed by atoms with Gasteiger partial charge in [-0.2, -0.15) is 28.8 Å². The van der Waals surface area contributed by atoms with Gasteiger partial charge >= 0.3 is 112 Å². The van der Waals surface area contributed by atoms with Gasteiger partial charge in [0.05, 0.1) is 0 Å². The van der Waals surface area contributed by atoms with E-state index in [1.807, 2.05) is 0 Å². The zero-order chi connectivity index (χ0) is 35.0. The molecular formula is C48H50Cl2Zr-2. The van der Waals surface area contributed by atoms with Crippen molar-refractivity contribution in [3.05, 3.63) is 171 Å². The van der Waals surface area contributed by atoms with E-state index in [1.165, 1.54) is 66.8 Å². The molecule has 0 unspecified atom stereocenters. The van der Waals surface area contributed by atoms with Gasteiger partial charge in [0.25, 0.3) is 0 Å². The number of rotatable bonds is 4. The van der Waals surface area contributed by atoms with E-state index in [2.05, 4.69) is 183 Å². The van der Waals surface area contributed by atoms with Gasteiger partial charge in [0, 0.05) is 5.41 Å². The fraction of sp³-hybridized carbons (Fsp3) is 0.292. The first-order valence-electron chi connectivity index (χ1n) is 17.7. The van der Waals surface area contributed by atoms with Crippen molar-refractivity contribution < 1.29 is 49.0 Å². The predicted octanol–water partition coefficient (Wildman–Crippen LogP) is 5.88. The van der Waals surface area contributed by atoms with Gasteiger partial charge in [0.15, 0.2) is 0 Å². The van der Waals surface area contributed by atoms with Crippen LogP contribution < -0.4 is 24.8 Å². The third kappa shape index (κ3) is 9.54. The first-order valence-corrected chi connectivity index (χ1v) is 19.0. The second-order valence-corrected chi connectivity index (χ2v) is 17.9. The third-order valence-corrected chi connectivity index (χ3v) is 11.0. The first kappa shape index (κ1) is 40.8. The molecule has 51 heavy (non-hydrogen) atoms. The number of hydrogen-bond acceptors (Lipinski definition) is 0. The number of allylic oxidation sites excluding steroid dienone is 2. The van der Waals surface area contributed by atoms with Crippen LogP contribution in [0.15, 0.2) is 109 Å². The average Bonchev–Trinajstić information content (AvgIpc) is 3.80. The van der Waals surface area contributed by atoms with Crippen molar-refractivity contribution in [3.63, 3.8) is 0 Å². The Balaban J connectivity index is 0.000000183. The van der Waals surface area contributed by atoms with Crippen LogP contribution in [-0.4, -0.2) is 3.21 Å². The summed E-state index contributed by atoms with van der Waals surface area (Å²) in [5, 5.41) is 0. The molecule has 262 valence electrons. The Morgan fingerprint density at radius 1 is 0.745 bits per heavy atom. The van der Waals surface area contributed by atoms with Crippen molar-refractivity contribution in [1.29, 1.82) is 0 Å². The van der Waals surface area contributed by atoms with Crippen molar-refractivity contribution in [2.24, 2.45) is 0 Å². The monoisotopic (exact) mass is 786 g/mol. The number of hydrogen-bond donors (Lipinski definition) is 0. The SMILES string of the molecule is CC1(C)[C-]=Cc2cc3c(cc21)Cc1cc2c(cc1-3)C=CC2(C)C.Cc1cc(C(C)(C)C)c[cH-]1.[Cl-].[Cl-].[Zr+2]=[C](Cc1ccccc1)Cc1ccccc1. The van der Waals surface area contributed by atoms with Gasteiger partial charge in [-0.1, -0.05) is 90.5 Å². The van der Waals surface area contributed by atoms with Crippen molar-refractivity contribution in [1.82, 2.24) is 0 Å². The number of benzene rings is 4. The van der Waals surface area contributed by atoms with E-state index in [-0.39, 0.29) is 35.6 Å². The normalized spacial score (nSPS) is 14.7. The van der Waals surface area contributed by atoms with Crippen LogP contribution in [0.2, 0.25) is 0 Å². The maximum absolute atomic E-state index is 3.50. The Morgan fingerprint density at radius 2 is 1.27 bits per heavy atom. The molecule has 0 saturated heterocycles. The molecule has 0 aliphatic heterocycles. The van der Waals surface area contributed by atoms with Gasteiger partial charge in [-0.25, -0.2) is 12.1 Å². The molecule has 0 saturated carbocycles. The topological polar surface area (TPSA) is 0 Å². The van der Waals surface area contributed by atoms with E-state index < -0.39 is 0 Å². The average molecular weight is 789 g/mol. The number of aryl methyl sites for hydroxylation is 1. The van der Waals surface area contributed by atoms with Gasteiger partial charge in [0.1, 0.15) is 0 Å². The van der Waals surface area contributed by atoms with Crippen LogP contribution >= 0.6 is 0 Å². The summed E-state index contributed by atoms with van der Waals surface area (Å²) in [6.07, 6.45) is 13.6. The molecule has 0 spiro atoms. The molecular weight excluding hydrogens is 739 g/mol. The molecule has 0 aromatic heterocycles. The summed E-state index contributed by atoms with van der Waals surface area (Å²) in [4.78, 5) is 0. The van der Waals surface area contributed by atoms with E-state index >= 15 is 0 Å². The molecule has 0 atom stereocenters. The summed E-state index contributed by atoms with van der Waals surface area (Å²) in [5.41, 5.74) is 17.6. The Hall–Kier alpha value is -2.96. The predicted molar refractivity (Wildman–Crippen MR) is 208 cm³/mol. The number of halogens is 2. The standard InChI is InChI=1S/C23H21.C15H14.C10H15.2ClH.Zr/c1-22(2)7-5-14-10-18-16(12-20(14)22)9-17-13-21-15(11-19(17)18)6-8-23(21,3)4;1-3-8-14(9-4-1)12-7-13-15-10-5-2-6-11-15;1-8-5-6-9(7-8)10(2,3)4;;;/h5-7,10-13H,9H2,1-4H3;1-6,8-11H,12-13H2;5-7H,1-4H3;2*1H;/q-1;;-1;;;+2/p-2. The molecule has 0 fully saturated rings. The van der Waals surface area contributed by atoms with Crippen LogP contribution in [0.25, 0.3) is 23.3 Å². The van der Waals surface area contributed by atoms with E-state index in [0.29, 0.717) is 5.41 Å². The minimum absolute atomic E-state index is 0. The van der Waals surface area contributed by atoms with Crippen LogP contribution in [0.4, 0.5) is 0 Å². The van der Waals surface area contributed by atoms with Crippen molar-refractivity contribution >= 4 is 15.4 Å². The Bertz CT molecular complexity index is 1910. The molecule has 0 radical (unpaired) electrons. The Labute approximate surface area is 335 Å². The molecule has 0 nitrogen and oxygen atoms in total. The second-order valence-electron chi connectivity index (χ2n) is 16.2. The van der Waals surface area contributed by atoms with Crippen LogP contribution in [0.5, 0.6) is 0 Å². The summed E-state index contributed by atoms with van der Waals surface area (Å²) in [6, 6.07) is 37.7. The zero-order valence-electron chi connectivity index (χ0n) is 31.4. The molecule has 5 aromatic carbocycles. The second kappa shape index (κ2) is 16.4. The summed E-state index contributed by atoms with van der Waals surface area (Å²) < 4.78 is 1.60. The van der Waals surface area contributed by atoms with E-state index in [4.69, 9.17) is 0 Å². The molecule has 3 heteroatoms.